The third-order valence-electron chi connectivity index (χ3n) is 3.25. The third kappa shape index (κ3) is 3.13. The van der Waals surface area contributed by atoms with Gasteiger partial charge in [0.05, 0.1) is 5.56 Å². The van der Waals surface area contributed by atoms with E-state index >= 15 is 0 Å². The van der Waals surface area contributed by atoms with Crippen LogP contribution in [0.3, 0.4) is 0 Å². The summed E-state index contributed by atoms with van der Waals surface area (Å²) >= 11 is 0. The number of aromatic carboxylic acids is 1. The Kier molecular flexibility index (Phi) is 3.88. The van der Waals surface area contributed by atoms with E-state index in [0.29, 0.717) is 18.9 Å². The molecule has 0 unspecified atom stereocenters. The van der Waals surface area contributed by atoms with Gasteiger partial charge < -0.3 is 10.0 Å². The van der Waals surface area contributed by atoms with Gasteiger partial charge in [-0.05, 0) is 42.5 Å². The normalized spacial score (nSPS) is 15.3. The van der Waals surface area contributed by atoms with Crippen molar-refractivity contribution >= 4 is 17.6 Å². The lowest BCUT2D eigenvalue weighted by atomic mass is 10.00. The van der Waals surface area contributed by atoms with Gasteiger partial charge in [-0.15, -0.1) is 0 Å². The smallest absolute Gasteiger partial charge is 0.335 e. The van der Waals surface area contributed by atoms with E-state index in [1.54, 1.807) is 17.0 Å². The standard InChI is InChI=1S/C15H19NO3/c1-10(2)6-11-7-12(15(18)19)9-13(8-11)16-5-3-4-14(16)17/h7-10H,3-6H2,1-2H3,(H,18,19). The van der Waals surface area contributed by atoms with E-state index in [1.807, 2.05) is 6.07 Å². The van der Waals surface area contributed by atoms with Crippen molar-refractivity contribution < 1.29 is 14.7 Å². The monoisotopic (exact) mass is 261 g/mol. The zero-order valence-corrected chi connectivity index (χ0v) is 11.3. The second kappa shape index (κ2) is 5.43. The van der Waals surface area contributed by atoms with Crippen molar-refractivity contribution in [2.75, 3.05) is 11.4 Å². The molecule has 0 aromatic heterocycles. The van der Waals surface area contributed by atoms with Gasteiger partial charge in [0.15, 0.2) is 0 Å². The topological polar surface area (TPSA) is 57.6 Å². The molecule has 0 bridgehead atoms. The predicted octanol–water partition coefficient (Wildman–Crippen LogP) is 2.71. The maximum Gasteiger partial charge on any atom is 0.335 e. The van der Waals surface area contributed by atoms with Crippen LogP contribution in [0.1, 0.15) is 42.6 Å². The molecule has 4 heteroatoms. The van der Waals surface area contributed by atoms with Crippen molar-refractivity contribution in [3.63, 3.8) is 0 Å². The maximum absolute atomic E-state index is 11.8. The largest absolute Gasteiger partial charge is 0.478 e. The summed E-state index contributed by atoms with van der Waals surface area (Å²) in [6, 6.07) is 5.23. The zero-order valence-electron chi connectivity index (χ0n) is 11.3. The lowest BCUT2D eigenvalue weighted by Gasteiger charge is -2.18. The highest BCUT2D eigenvalue weighted by Crippen LogP contribution is 2.25. The van der Waals surface area contributed by atoms with Crippen molar-refractivity contribution in [1.29, 1.82) is 0 Å². The van der Waals surface area contributed by atoms with Gasteiger partial charge >= 0.3 is 5.97 Å². The molecule has 19 heavy (non-hydrogen) atoms. The zero-order chi connectivity index (χ0) is 14.0. The van der Waals surface area contributed by atoms with Crippen molar-refractivity contribution in [2.24, 2.45) is 5.92 Å². The molecule has 0 saturated carbocycles. The van der Waals surface area contributed by atoms with E-state index in [-0.39, 0.29) is 11.5 Å². The predicted molar refractivity (Wildman–Crippen MR) is 73.5 cm³/mol. The van der Waals surface area contributed by atoms with Crippen molar-refractivity contribution in [3.8, 4) is 0 Å². The number of amides is 1. The number of hydrogen-bond donors (Lipinski definition) is 1. The molecule has 1 aliphatic heterocycles. The van der Waals surface area contributed by atoms with E-state index < -0.39 is 5.97 Å². The van der Waals surface area contributed by atoms with Crippen molar-refractivity contribution in [3.05, 3.63) is 29.3 Å². The first kappa shape index (κ1) is 13.6. The van der Waals surface area contributed by atoms with Gasteiger partial charge in [0.25, 0.3) is 0 Å². The minimum Gasteiger partial charge on any atom is -0.478 e. The second-order valence-corrected chi connectivity index (χ2v) is 5.44. The summed E-state index contributed by atoms with van der Waals surface area (Å²) in [6.07, 6.45) is 2.21. The summed E-state index contributed by atoms with van der Waals surface area (Å²) in [7, 11) is 0. The second-order valence-electron chi connectivity index (χ2n) is 5.44. The molecule has 1 aromatic carbocycles. The van der Waals surface area contributed by atoms with Crippen LogP contribution < -0.4 is 4.90 Å². The molecule has 0 aliphatic carbocycles. The number of nitrogens with zero attached hydrogens (tertiary/aromatic N) is 1. The lowest BCUT2D eigenvalue weighted by molar-refractivity contribution is -0.117. The lowest BCUT2D eigenvalue weighted by Crippen LogP contribution is -2.24. The molecule has 0 radical (unpaired) electrons. The van der Waals surface area contributed by atoms with Crippen LogP contribution in [0, 0.1) is 5.92 Å². The molecule has 1 heterocycles. The summed E-state index contributed by atoms with van der Waals surface area (Å²) < 4.78 is 0. The van der Waals surface area contributed by atoms with Crippen LogP contribution in [0.2, 0.25) is 0 Å². The number of anilines is 1. The van der Waals surface area contributed by atoms with Gasteiger partial charge in [-0.25, -0.2) is 4.79 Å². The van der Waals surface area contributed by atoms with Crippen LogP contribution >= 0.6 is 0 Å². The Labute approximate surface area is 113 Å². The van der Waals surface area contributed by atoms with Gasteiger partial charge in [-0.2, -0.15) is 0 Å². The molecule has 4 nitrogen and oxygen atoms in total. The Hall–Kier alpha value is -1.84. The van der Waals surface area contributed by atoms with Gasteiger partial charge in [-0.3, -0.25) is 4.79 Å². The fourth-order valence-electron chi connectivity index (χ4n) is 2.46. The number of carboxylic acid groups (broad SMARTS) is 1. The van der Waals surface area contributed by atoms with E-state index in [0.717, 1.165) is 24.1 Å². The Morgan fingerprint density at radius 1 is 1.37 bits per heavy atom. The highest BCUT2D eigenvalue weighted by molar-refractivity contribution is 5.97. The quantitative estimate of drug-likeness (QED) is 0.906. The molecule has 1 aliphatic rings. The fourth-order valence-corrected chi connectivity index (χ4v) is 2.46. The van der Waals surface area contributed by atoms with Crippen LogP contribution in [-0.4, -0.2) is 23.5 Å². The summed E-state index contributed by atoms with van der Waals surface area (Å²) in [4.78, 5) is 24.6. The van der Waals surface area contributed by atoms with Crippen LogP contribution in [0.4, 0.5) is 5.69 Å². The van der Waals surface area contributed by atoms with Gasteiger partial charge in [0.1, 0.15) is 0 Å². The van der Waals surface area contributed by atoms with Crippen molar-refractivity contribution in [2.45, 2.75) is 33.1 Å². The number of carbonyl (C=O) groups is 2. The molecular weight excluding hydrogens is 242 g/mol. The number of carboxylic acids is 1. The summed E-state index contributed by atoms with van der Waals surface area (Å²) in [5.74, 6) is -0.414. The first-order chi connectivity index (χ1) is 8.97. The minimum absolute atomic E-state index is 0.0815. The van der Waals surface area contributed by atoms with E-state index in [2.05, 4.69) is 13.8 Å². The Morgan fingerprint density at radius 2 is 2.11 bits per heavy atom. The molecule has 1 aromatic rings. The number of hydrogen-bond acceptors (Lipinski definition) is 2. The molecule has 102 valence electrons. The fraction of sp³-hybridized carbons (Fsp3) is 0.467. The first-order valence-electron chi connectivity index (χ1n) is 6.65. The molecule has 0 spiro atoms. The Balaban J connectivity index is 2.39. The number of carbonyl (C=O) groups excluding carboxylic acids is 1. The Morgan fingerprint density at radius 3 is 2.63 bits per heavy atom. The SMILES string of the molecule is CC(C)Cc1cc(C(=O)O)cc(N2CCCC2=O)c1. The summed E-state index contributed by atoms with van der Waals surface area (Å²) in [5.41, 5.74) is 1.95. The third-order valence-corrected chi connectivity index (χ3v) is 3.25. The average Bonchev–Trinajstić information content (AvgIpc) is 2.74. The summed E-state index contributed by atoms with van der Waals surface area (Å²) in [6.45, 7) is 4.87. The molecular formula is C15H19NO3. The van der Waals surface area contributed by atoms with E-state index in [4.69, 9.17) is 0 Å². The van der Waals surface area contributed by atoms with Crippen LogP contribution in [0.5, 0.6) is 0 Å². The Bertz CT molecular complexity index is 508. The van der Waals surface area contributed by atoms with Crippen LogP contribution in [-0.2, 0) is 11.2 Å². The van der Waals surface area contributed by atoms with Gasteiger partial charge in [0.2, 0.25) is 5.91 Å². The number of benzene rings is 1. The van der Waals surface area contributed by atoms with Gasteiger partial charge in [-0.1, -0.05) is 13.8 Å². The highest BCUT2D eigenvalue weighted by Gasteiger charge is 2.23. The molecule has 2 rings (SSSR count). The first-order valence-corrected chi connectivity index (χ1v) is 6.65. The van der Waals surface area contributed by atoms with E-state index in [9.17, 15) is 14.7 Å². The molecule has 1 N–H and O–H groups in total. The highest BCUT2D eigenvalue weighted by atomic mass is 16.4. The van der Waals surface area contributed by atoms with Crippen LogP contribution in [0.25, 0.3) is 0 Å². The molecule has 1 saturated heterocycles. The minimum atomic E-state index is -0.946. The van der Waals surface area contributed by atoms with E-state index in [1.165, 1.54) is 0 Å². The number of rotatable bonds is 4. The molecule has 0 atom stereocenters. The maximum atomic E-state index is 11.8. The van der Waals surface area contributed by atoms with Crippen LogP contribution in [0.15, 0.2) is 18.2 Å². The summed E-state index contributed by atoms with van der Waals surface area (Å²) in [5, 5.41) is 9.17. The molecule has 1 fully saturated rings. The van der Waals surface area contributed by atoms with Crippen molar-refractivity contribution in [1.82, 2.24) is 0 Å². The van der Waals surface area contributed by atoms with Gasteiger partial charge in [0, 0.05) is 18.7 Å². The average molecular weight is 261 g/mol. The molecule has 1 amide bonds.